The molecule has 2 nitrogen and oxygen atoms in total. The maximum Gasteiger partial charge on any atom is 0.328 e. The topological polar surface area (TPSA) is 37.3 Å². The first-order valence-electron chi connectivity index (χ1n) is 4.54. The van der Waals surface area contributed by atoms with E-state index in [-0.39, 0.29) is 0 Å². The van der Waals surface area contributed by atoms with Gasteiger partial charge in [-0.3, -0.25) is 0 Å². The van der Waals surface area contributed by atoms with Crippen LogP contribution in [0.2, 0.25) is 0 Å². The van der Waals surface area contributed by atoms with Crippen molar-refractivity contribution in [2.45, 2.75) is 33.1 Å². The molecular formula is C10H16O2. The van der Waals surface area contributed by atoms with Crippen LogP contribution >= 0.6 is 0 Å². The molecule has 12 heavy (non-hydrogen) atoms. The molecule has 1 N–H and O–H groups in total. The molecule has 1 rings (SSSR count). The molecule has 0 aliphatic heterocycles. The van der Waals surface area contributed by atoms with Gasteiger partial charge < -0.3 is 5.11 Å². The molecule has 0 radical (unpaired) electrons. The Balaban J connectivity index is 2.70. The van der Waals surface area contributed by atoms with Gasteiger partial charge in [-0.1, -0.05) is 19.4 Å². The zero-order chi connectivity index (χ0) is 9.14. The van der Waals surface area contributed by atoms with Crippen molar-refractivity contribution in [3.63, 3.8) is 0 Å². The van der Waals surface area contributed by atoms with E-state index in [4.69, 9.17) is 5.11 Å². The summed E-state index contributed by atoms with van der Waals surface area (Å²) in [6.07, 6.45) is 4.74. The molecule has 1 aliphatic carbocycles. The third kappa shape index (κ3) is 2.10. The first kappa shape index (κ1) is 9.30. The SMILES string of the molecule is CC1CCCC(=CC(=O)O)C1C. The zero-order valence-corrected chi connectivity index (χ0v) is 7.71. The Morgan fingerprint density at radius 1 is 1.58 bits per heavy atom. The Labute approximate surface area is 73.3 Å². The van der Waals surface area contributed by atoms with Gasteiger partial charge in [0.2, 0.25) is 0 Å². The van der Waals surface area contributed by atoms with Crippen molar-refractivity contribution in [1.29, 1.82) is 0 Å². The van der Waals surface area contributed by atoms with E-state index in [1.807, 2.05) is 0 Å². The number of carbonyl (C=O) groups is 1. The summed E-state index contributed by atoms with van der Waals surface area (Å²) >= 11 is 0. The van der Waals surface area contributed by atoms with Gasteiger partial charge in [0.25, 0.3) is 0 Å². The van der Waals surface area contributed by atoms with E-state index in [2.05, 4.69) is 13.8 Å². The molecule has 0 aromatic heterocycles. The molecule has 2 unspecified atom stereocenters. The van der Waals surface area contributed by atoms with E-state index in [0.29, 0.717) is 11.8 Å². The van der Waals surface area contributed by atoms with Crippen LogP contribution in [-0.2, 0) is 4.79 Å². The van der Waals surface area contributed by atoms with Crippen molar-refractivity contribution in [2.75, 3.05) is 0 Å². The summed E-state index contributed by atoms with van der Waals surface area (Å²) in [4.78, 5) is 10.4. The average molecular weight is 168 g/mol. The molecule has 1 fully saturated rings. The van der Waals surface area contributed by atoms with E-state index in [9.17, 15) is 4.79 Å². The highest BCUT2D eigenvalue weighted by molar-refractivity contribution is 5.80. The van der Waals surface area contributed by atoms with Crippen LogP contribution < -0.4 is 0 Å². The molecule has 0 aromatic rings. The predicted octanol–water partition coefficient (Wildman–Crippen LogP) is 2.45. The van der Waals surface area contributed by atoms with E-state index in [1.165, 1.54) is 12.5 Å². The first-order valence-corrected chi connectivity index (χ1v) is 4.54. The van der Waals surface area contributed by atoms with Gasteiger partial charge in [0.05, 0.1) is 0 Å². The maximum atomic E-state index is 10.4. The standard InChI is InChI=1S/C10H16O2/c1-7-4-3-5-9(8(7)2)6-10(11)12/h6-8H,3-5H2,1-2H3,(H,11,12). The second-order valence-corrected chi connectivity index (χ2v) is 3.72. The van der Waals surface area contributed by atoms with Crippen LogP contribution in [0.4, 0.5) is 0 Å². The van der Waals surface area contributed by atoms with Crippen molar-refractivity contribution < 1.29 is 9.90 Å². The molecule has 2 heteroatoms. The maximum absolute atomic E-state index is 10.4. The van der Waals surface area contributed by atoms with Crippen LogP contribution in [0.3, 0.4) is 0 Å². The lowest BCUT2D eigenvalue weighted by molar-refractivity contribution is -0.131. The highest BCUT2D eigenvalue weighted by Crippen LogP contribution is 2.33. The highest BCUT2D eigenvalue weighted by atomic mass is 16.4. The van der Waals surface area contributed by atoms with Gasteiger partial charge in [-0.05, 0) is 31.1 Å². The van der Waals surface area contributed by atoms with Crippen LogP contribution in [-0.4, -0.2) is 11.1 Å². The molecule has 2 atom stereocenters. The Morgan fingerprint density at radius 3 is 2.83 bits per heavy atom. The number of allylic oxidation sites excluding steroid dienone is 1. The monoisotopic (exact) mass is 168 g/mol. The van der Waals surface area contributed by atoms with Crippen molar-refractivity contribution in [3.05, 3.63) is 11.6 Å². The van der Waals surface area contributed by atoms with Crippen molar-refractivity contribution in [1.82, 2.24) is 0 Å². The lowest BCUT2D eigenvalue weighted by Crippen LogP contribution is -2.17. The van der Waals surface area contributed by atoms with Crippen molar-refractivity contribution >= 4 is 5.97 Å². The quantitative estimate of drug-likeness (QED) is 0.610. The van der Waals surface area contributed by atoms with Gasteiger partial charge in [-0.25, -0.2) is 4.79 Å². The fourth-order valence-electron chi connectivity index (χ4n) is 1.83. The molecule has 0 amide bonds. The smallest absolute Gasteiger partial charge is 0.328 e. The van der Waals surface area contributed by atoms with Crippen LogP contribution in [0.5, 0.6) is 0 Å². The number of aliphatic carboxylic acids is 1. The van der Waals surface area contributed by atoms with Gasteiger partial charge in [-0.15, -0.1) is 0 Å². The summed E-state index contributed by atoms with van der Waals surface area (Å²) in [6, 6.07) is 0. The molecule has 68 valence electrons. The van der Waals surface area contributed by atoms with Gasteiger partial charge >= 0.3 is 5.97 Å². The summed E-state index contributed by atoms with van der Waals surface area (Å²) < 4.78 is 0. The molecule has 1 saturated carbocycles. The van der Waals surface area contributed by atoms with E-state index >= 15 is 0 Å². The average Bonchev–Trinajstić information content (AvgIpc) is 1.98. The Bertz CT molecular complexity index is 206. The molecule has 0 aromatic carbocycles. The summed E-state index contributed by atoms with van der Waals surface area (Å²) in [6.45, 7) is 4.32. The normalized spacial score (nSPS) is 33.7. The van der Waals surface area contributed by atoms with Gasteiger partial charge in [0.15, 0.2) is 0 Å². The molecule has 0 heterocycles. The number of hydrogen-bond acceptors (Lipinski definition) is 1. The summed E-state index contributed by atoms with van der Waals surface area (Å²) in [5.41, 5.74) is 1.11. The predicted molar refractivity (Wildman–Crippen MR) is 47.9 cm³/mol. The van der Waals surface area contributed by atoms with Crippen LogP contribution in [0, 0.1) is 11.8 Å². The lowest BCUT2D eigenvalue weighted by Gasteiger charge is -2.28. The van der Waals surface area contributed by atoms with Crippen molar-refractivity contribution in [3.8, 4) is 0 Å². The summed E-state index contributed by atoms with van der Waals surface area (Å²) in [5.74, 6) is 0.296. The molecular weight excluding hydrogens is 152 g/mol. The number of hydrogen-bond donors (Lipinski definition) is 1. The minimum Gasteiger partial charge on any atom is -0.478 e. The highest BCUT2D eigenvalue weighted by Gasteiger charge is 2.21. The third-order valence-corrected chi connectivity index (χ3v) is 2.87. The Hall–Kier alpha value is -0.790. The minimum atomic E-state index is -0.800. The molecule has 0 bridgehead atoms. The van der Waals surface area contributed by atoms with Crippen molar-refractivity contribution in [2.24, 2.45) is 11.8 Å². The van der Waals surface area contributed by atoms with E-state index in [0.717, 1.165) is 18.4 Å². The van der Waals surface area contributed by atoms with Gasteiger partial charge in [0.1, 0.15) is 0 Å². The van der Waals surface area contributed by atoms with Gasteiger partial charge in [-0.2, -0.15) is 0 Å². The fourth-order valence-corrected chi connectivity index (χ4v) is 1.83. The number of rotatable bonds is 1. The number of carboxylic acid groups (broad SMARTS) is 1. The summed E-state index contributed by atoms with van der Waals surface area (Å²) in [5, 5.41) is 8.59. The van der Waals surface area contributed by atoms with E-state index in [1.54, 1.807) is 0 Å². The third-order valence-electron chi connectivity index (χ3n) is 2.87. The van der Waals surface area contributed by atoms with Gasteiger partial charge in [0, 0.05) is 6.08 Å². The lowest BCUT2D eigenvalue weighted by atomic mass is 9.78. The summed E-state index contributed by atoms with van der Waals surface area (Å²) in [7, 11) is 0. The Morgan fingerprint density at radius 2 is 2.25 bits per heavy atom. The second kappa shape index (κ2) is 3.74. The Kier molecular flexibility index (Phi) is 2.90. The zero-order valence-electron chi connectivity index (χ0n) is 7.71. The fraction of sp³-hybridized carbons (Fsp3) is 0.700. The van der Waals surface area contributed by atoms with E-state index < -0.39 is 5.97 Å². The van der Waals surface area contributed by atoms with Crippen LogP contribution in [0.15, 0.2) is 11.6 Å². The molecule has 0 spiro atoms. The second-order valence-electron chi connectivity index (χ2n) is 3.72. The number of carboxylic acids is 1. The molecule has 0 saturated heterocycles. The first-order chi connectivity index (χ1) is 5.61. The largest absolute Gasteiger partial charge is 0.478 e. The van der Waals surface area contributed by atoms with Crippen LogP contribution in [0.1, 0.15) is 33.1 Å². The molecule has 1 aliphatic rings. The van der Waals surface area contributed by atoms with Crippen LogP contribution in [0.25, 0.3) is 0 Å². The minimum absolute atomic E-state index is 0.454.